The summed E-state index contributed by atoms with van der Waals surface area (Å²) in [6, 6.07) is 1.55. The average Bonchev–Trinajstić information content (AvgIpc) is 2.33. The Morgan fingerprint density at radius 3 is 2.74 bits per heavy atom. The van der Waals surface area contributed by atoms with Crippen molar-refractivity contribution in [3.8, 4) is 0 Å². The van der Waals surface area contributed by atoms with Gasteiger partial charge >= 0.3 is 0 Å². The third-order valence-corrected chi connectivity index (χ3v) is 2.86. The molecular weight excluding hydrogens is 246 g/mol. The minimum absolute atomic E-state index is 0.161. The molecule has 0 aliphatic carbocycles. The Kier molecular flexibility index (Phi) is 5.50. The lowest BCUT2D eigenvalue weighted by atomic mass is 10.1. The molecule has 0 unspecified atom stereocenters. The third-order valence-electron chi connectivity index (χ3n) is 2.86. The van der Waals surface area contributed by atoms with E-state index in [9.17, 15) is 9.90 Å². The van der Waals surface area contributed by atoms with Crippen molar-refractivity contribution in [2.45, 2.75) is 32.4 Å². The third kappa shape index (κ3) is 5.40. The molecule has 1 aromatic heterocycles. The molecule has 0 radical (unpaired) electrons. The predicted molar refractivity (Wildman–Crippen MR) is 74.6 cm³/mol. The van der Waals surface area contributed by atoms with Gasteiger partial charge in [0.15, 0.2) is 0 Å². The molecule has 108 valence electrons. The fraction of sp³-hybridized carbons (Fsp3) is 0.692. The van der Waals surface area contributed by atoms with Crippen LogP contribution < -0.4 is 10.5 Å². The quantitative estimate of drug-likeness (QED) is 0.780. The van der Waals surface area contributed by atoms with E-state index in [1.54, 1.807) is 33.2 Å². The van der Waals surface area contributed by atoms with Gasteiger partial charge in [-0.1, -0.05) is 0 Å². The van der Waals surface area contributed by atoms with Gasteiger partial charge in [-0.3, -0.25) is 4.79 Å². The standard InChI is InChI=1S/C13H23N3O3/c1-13(2,18)5-6-16-12(17)9-11(10-14-16)15(3)7-8-19-4/h9-10,18H,5-8H2,1-4H3. The summed E-state index contributed by atoms with van der Waals surface area (Å²) >= 11 is 0. The van der Waals surface area contributed by atoms with Crippen molar-refractivity contribution in [2.75, 3.05) is 32.2 Å². The lowest BCUT2D eigenvalue weighted by molar-refractivity contribution is 0.0646. The van der Waals surface area contributed by atoms with E-state index in [1.165, 1.54) is 4.68 Å². The summed E-state index contributed by atoms with van der Waals surface area (Å²) in [6.07, 6.45) is 2.14. The van der Waals surface area contributed by atoms with E-state index >= 15 is 0 Å². The van der Waals surface area contributed by atoms with E-state index in [0.717, 1.165) is 5.69 Å². The highest BCUT2D eigenvalue weighted by atomic mass is 16.5. The Morgan fingerprint density at radius 1 is 1.53 bits per heavy atom. The molecule has 6 heteroatoms. The van der Waals surface area contributed by atoms with Crippen molar-refractivity contribution < 1.29 is 9.84 Å². The maximum atomic E-state index is 11.9. The zero-order chi connectivity index (χ0) is 14.5. The summed E-state index contributed by atoms with van der Waals surface area (Å²) in [5.74, 6) is 0. The minimum atomic E-state index is -0.797. The van der Waals surface area contributed by atoms with Crippen molar-refractivity contribution >= 4 is 5.69 Å². The summed E-state index contributed by atoms with van der Waals surface area (Å²) in [5.41, 5.74) is -0.192. The van der Waals surface area contributed by atoms with Crippen LogP contribution in [0.5, 0.6) is 0 Å². The largest absolute Gasteiger partial charge is 0.390 e. The lowest BCUT2D eigenvalue weighted by Gasteiger charge is -2.19. The maximum Gasteiger partial charge on any atom is 0.268 e. The van der Waals surface area contributed by atoms with Crippen molar-refractivity contribution in [3.63, 3.8) is 0 Å². The summed E-state index contributed by atoms with van der Waals surface area (Å²) in [6.45, 7) is 5.13. The van der Waals surface area contributed by atoms with Crippen molar-refractivity contribution in [1.82, 2.24) is 9.78 Å². The molecule has 1 rings (SSSR count). The van der Waals surface area contributed by atoms with Gasteiger partial charge in [0.25, 0.3) is 5.56 Å². The number of methoxy groups -OCH3 is 1. The van der Waals surface area contributed by atoms with Crippen LogP contribution >= 0.6 is 0 Å². The van der Waals surface area contributed by atoms with E-state index in [1.807, 2.05) is 11.9 Å². The Labute approximate surface area is 113 Å². The van der Waals surface area contributed by atoms with Crippen LogP contribution in [0.1, 0.15) is 20.3 Å². The second-order valence-electron chi connectivity index (χ2n) is 5.25. The number of aliphatic hydroxyl groups is 1. The fourth-order valence-corrected chi connectivity index (χ4v) is 1.54. The van der Waals surface area contributed by atoms with Gasteiger partial charge in [0.1, 0.15) is 0 Å². The SMILES string of the molecule is COCCN(C)c1cnn(CCC(C)(C)O)c(=O)c1. The Bertz CT molecular complexity index is 451. The zero-order valence-corrected chi connectivity index (χ0v) is 12.1. The van der Waals surface area contributed by atoms with Crippen LogP contribution in [0, 0.1) is 0 Å². The number of ether oxygens (including phenoxy) is 1. The minimum Gasteiger partial charge on any atom is -0.390 e. The molecule has 0 bridgehead atoms. The van der Waals surface area contributed by atoms with Crippen LogP contribution in [0.2, 0.25) is 0 Å². The molecule has 0 aliphatic rings. The van der Waals surface area contributed by atoms with Gasteiger partial charge in [0, 0.05) is 33.3 Å². The zero-order valence-electron chi connectivity index (χ0n) is 12.1. The number of likely N-dealkylation sites (N-methyl/N-ethyl adjacent to an activating group) is 1. The van der Waals surface area contributed by atoms with E-state index < -0.39 is 5.60 Å². The molecule has 0 saturated heterocycles. The van der Waals surface area contributed by atoms with Gasteiger partial charge in [-0.25, -0.2) is 4.68 Å². The predicted octanol–water partition coefficient (Wildman–Crippen LogP) is 0.487. The summed E-state index contributed by atoms with van der Waals surface area (Å²) in [4.78, 5) is 13.8. The van der Waals surface area contributed by atoms with Crippen LogP contribution in [0.4, 0.5) is 5.69 Å². The highest BCUT2D eigenvalue weighted by Gasteiger charge is 2.13. The molecule has 0 spiro atoms. The molecule has 0 aromatic carbocycles. The molecule has 1 aromatic rings. The monoisotopic (exact) mass is 269 g/mol. The maximum absolute atomic E-state index is 11.9. The number of aryl methyl sites for hydroxylation is 1. The van der Waals surface area contributed by atoms with E-state index in [2.05, 4.69) is 5.10 Å². The molecule has 1 N–H and O–H groups in total. The molecule has 0 aliphatic heterocycles. The van der Waals surface area contributed by atoms with E-state index in [0.29, 0.717) is 26.1 Å². The Balaban J connectivity index is 2.72. The molecular formula is C13H23N3O3. The Hall–Kier alpha value is -1.40. The van der Waals surface area contributed by atoms with Gasteiger partial charge in [-0.15, -0.1) is 0 Å². The van der Waals surface area contributed by atoms with Crippen LogP contribution in [-0.4, -0.2) is 47.8 Å². The van der Waals surface area contributed by atoms with Crippen LogP contribution in [0.3, 0.4) is 0 Å². The average molecular weight is 269 g/mol. The number of nitrogens with zero attached hydrogens (tertiary/aromatic N) is 3. The van der Waals surface area contributed by atoms with E-state index in [4.69, 9.17) is 4.74 Å². The number of rotatable bonds is 7. The number of hydrogen-bond donors (Lipinski definition) is 1. The van der Waals surface area contributed by atoms with Gasteiger partial charge in [-0.2, -0.15) is 5.10 Å². The van der Waals surface area contributed by atoms with Gasteiger partial charge < -0.3 is 14.7 Å². The van der Waals surface area contributed by atoms with Crippen molar-refractivity contribution in [3.05, 3.63) is 22.6 Å². The number of anilines is 1. The summed E-state index contributed by atoms with van der Waals surface area (Å²) < 4.78 is 6.36. The lowest BCUT2D eigenvalue weighted by Crippen LogP contribution is -2.30. The Morgan fingerprint density at radius 2 is 2.21 bits per heavy atom. The van der Waals surface area contributed by atoms with Crippen LogP contribution in [0.15, 0.2) is 17.1 Å². The first-order chi connectivity index (χ1) is 8.83. The van der Waals surface area contributed by atoms with Crippen LogP contribution in [0.25, 0.3) is 0 Å². The first-order valence-electron chi connectivity index (χ1n) is 6.33. The fourth-order valence-electron chi connectivity index (χ4n) is 1.54. The second kappa shape index (κ2) is 6.68. The van der Waals surface area contributed by atoms with Crippen molar-refractivity contribution in [1.29, 1.82) is 0 Å². The molecule has 1 heterocycles. The topological polar surface area (TPSA) is 67.6 Å². The molecule has 0 fully saturated rings. The first-order valence-corrected chi connectivity index (χ1v) is 6.33. The smallest absolute Gasteiger partial charge is 0.268 e. The molecule has 19 heavy (non-hydrogen) atoms. The van der Waals surface area contributed by atoms with Gasteiger partial charge in [0.2, 0.25) is 0 Å². The van der Waals surface area contributed by atoms with Gasteiger partial charge in [0.05, 0.1) is 24.1 Å². The molecule has 0 atom stereocenters. The molecule has 0 saturated carbocycles. The second-order valence-corrected chi connectivity index (χ2v) is 5.25. The summed E-state index contributed by atoms with van der Waals surface area (Å²) in [5, 5.41) is 13.8. The van der Waals surface area contributed by atoms with Gasteiger partial charge in [-0.05, 0) is 20.3 Å². The van der Waals surface area contributed by atoms with Crippen molar-refractivity contribution in [2.24, 2.45) is 0 Å². The molecule has 0 amide bonds. The highest BCUT2D eigenvalue weighted by molar-refractivity contribution is 5.41. The van der Waals surface area contributed by atoms with E-state index in [-0.39, 0.29) is 5.56 Å². The summed E-state index contributed by atoms with van der Waals surface area (Å²) in [7, 11) is 3.53. The van der Waals surface area contributed by atoms with Crippen LogP contribution in [-0.2, 0) is 11.3 Å². The first kappa shape index (κ1) is 15.7. The normalized spacial score (nSPS) is 11.6. The highest BCUT2D eigenvalue weighted by Crippen LogP contribution is 2.09. The number of aromatic nitrogens is 2. The number of hydrogen-bond acceptors (Lipinski definition) is 5. The molecule has 6 nitrogen and oxygen atoms in total.